The minimum Gasteiger partial charge on any atom is -1.00 e. The lowest BCUT2D eigenvalue weighted by molar-refractivity contribution is -0.698. The highest BCUT2D eigenvalue weighted by atomic mass is 79.9. The summed E-state index contributed by atoms with van der Waals surface area (Å²) < 4.78 is 19.6. The summed E-state index contributed by atoms with van der Waals surface area (Å²) in [5.74, 6) is 2.06. The molecule has 2 aromatic heterocycles. The van der Waals surface area contributed by atoms with Gasteiger partial charge in [0.15, 0.2) is 24.5 Å². The predicted octanol–water partition coefficient (Wildman–Crippen LogP) is 2.64. The summed E-state index contributed by atoms with van der Waals surface area (Å²) in [5.41, 5.74) is 4.45. The van der Waals surface area contributed by atoms with Gasteiger partial charge < -0.3 is 36.0 Å². The first kappa shape index (κ1) is 27.2. The van der Waals surface area contributed by atoms with E-state index in [4.69, 9.17) is 19.0 Å². The maximum atomic E-state index is 9.09. The topological polar surface area (TPSA) is 68.6 Å². The van der Waals surface area contributed by atoms with Gasteiger partial charge in [-0.25, -0.2) is 9.55 Å². The van der Waals surface area contributed by atoms with E-state index < -0.39 is 0 Å². The molecule has 0 spiro atoms. The van der Waals surface area contributed by atoms with Crippen LogP contribution in [0.4, 0.5) is 0 Å². The summed E-state index contributed by atoms with van der Waals surface area (Å²) in [7, 11) is 1.66. The van der Waals surface area contributed by atoms with Crippen molar-refractivity contribution in [1.29, 1.82) is 0 Å². The second-order valence-electron chi connectivity index (χ2n) is 8.11. The fourth-order valence-corrected chi connectivity index (χ4v) is 3.63. The van der Waals surface area contributed by atoms with Gasteiger partial charge in [0.25, 0.3) is 0 Å². The molecule has 4 aromatic rings. The smallest absolute Gasteiger partial charge is 0.220 e. The van der Waals surface area contributed by atoms with Crippen LogP contribution in [0.5, 0.6) is 11.5 Å². The van der Waals surface area contributed by atoms with Crippen molar-refractivity contribution in [2.75, 3.05) is 20.3 Å². The van der Waals surface area contributed by atoms with E-state index in [1.807, 2.05) is 89.8 Å². The fourth-order valence-electron chi connectivity index (χ4n) is 3.63. The highest BCUT2D eigenvalue weighted by Gasteiger charge is 2.10. The Balaban J connectivity index is 0.00000361. The number of hydrogen-bond donors (Lipinski definition) is 1. The second kappa shape index (κ2) is 13.6. The number of oxazole rings is 1. The molecule has 2 aromatic carbocycles. The molecule has 0 amide bonds. The monoisotopic (exact) mass is 550 g/mol. The van der Waals surface area contributed by atoms with E-state index in [9.17, 15) is 0 Å². The van der Waals surface area contributed by atoms with Crippen molar-refractivity contribution in [2.24, 2.45) is 0 Å². The third kappa shape index (κ3) is 7.06. The first-order valence-electron chi connectivity index (χ1n) is 11.9. The van der Waals surface area contributed by atoms with E-state index in [0.717, 1.165) is 52.1 Å². The van der Waals surface area contributed by atoms with Crippen molar-refractivity contribution < 1.29 is 40.5 Å². The van der Waals surface area contributed by atoms with E-state index in [0.29, 0.717) is 19.0 Å². The summed E-state index contributed by atoms with van der Waals surface area (Å²) in [6, 6.07) is 15.7. The Hall–Kier alpha value is -3.42. The van der Waals surface area contributed by atoms with Crippen molar-refractivity contribution in [2.45, 2.75) is 26.3 Å². The van der Waals surface area contributed by atoms with E-state index in [1.54, 1.807) is 7.11 Å². The van der Waals surface area contributed by atoms with Crippen molar-refractivity contribution in [3.05, 3.63) is 83.5 Å². The Morgan fingerprint density at radius 3 is 2.42 bits per heavy atom. The highest BCUT2D eigenvalue weighted by molar-refractivity contribution is 5.79. The van der Waals surface area contributed by atoms with E-state index >= 15 is 0 Å². The number of unbranched alkanes of at least 4 members (excludes halogenated alkanes) is 1. The number of hydrogen-bond acceptors (Lipinski definition) is 5. The number of benzene rings is 2. The van der Waals surface area contributed by atoms with Gasteiger partial charge in [-0.15, -0.1) is 0 Å². The lowest BCUT2D eigenvalue weighted by Gasteiger charge is -2.13. The summed E-state index contributed by atoms with van der Waals surface area (Å²) in [6.45, 7) is 3.48. The molecule has 2 heterocycles. The number of rotatable bonds is 11. The third-order valence-corrected chi connectivity index (χ3v) is 5.56. The first-order chi connectivity index (χ1) is 17.2. The van der Waals surface area contributed by atoms with Gasteiger partial charge in [-0.1, -0.05) is 37.6 Å². The van der Waals surface area contributed by atoms with Crippen LogP contribution in [0.1, 0.15) is 42.3 Å². The lowest BCUT2D eigenvalue weighted by atomic mass is 10.1. The minimum absolute atomic E-state index is 0. The van der Waals surface area contributed by atoms with Crippen molar-refractivity contribution in [1.82, 2.24) is 4.98 Å². The average Bonchev–Trinajstić information content (AvgIpc) is 3.31. The minimum atomic E-state index is 0. The fraction of sp³-hybridized carbons (Fsp3) is 0.241. The molecule has 0 bridgehead atoms. The number of fused-ring (bicyclic) bond motifs is 1. The number of ether oxygens (including phenoxy) is 2. The molecule has 0 saturated carbocycles. The molecule has 4 rings (SSSR count). The summed E-state index contributed by atoms with van der Waals surface area (Å²) in [5, 5.41) is 9.09. The van der Waals surface area contributed by atoms with Crippen molar-refractivity contribution in [3.8, 4) is 11.5 Å². The number of aliphatic hydroxyl groups excluding tert-OH is 1. The van der Waals surface area contributed by atoms with Gasteiger partial charge in [0.1, 0.15) is 23.6 Å². The maximum Gasteiger partial charge on any atom is 0.220 e. The van der Waals surface area contributed by atoms with Crippen LogP contribution in [0.25, 0.3) is 35.4 Å². The van der Waals surface area contributed by atoms with Gasteiger partial charge in [0, 0.05) is 29.3 Å². The van der Waals surface area contributed by atoms with Crippen LogP contribution in [0.2, 0.25) is 0 Å². The molecule has 1 N–H and O–H groups in total. The van der Waals surface area contributed by atoms with E-state index in [2.05, 4.69) is 11.9 Å². The zero-order valence-electron chi connectivity index (χ0n) is 20.6. The van der Waals surface area contributed by atoms with Crippen LogP contribution < -0.4 is 31.0 Å². The standard InChI is InChI=1S/C29H31N2O4.BrH/c1-3-4-19-34-28-21-23(11-12-29-30-25-7-5-6-8-26(25)35-29)27(33-2)20-24(28)10-9-22-13-15-31(16-14-22)17-18-32;/h5-16,20-21,32H,3-4,17-19H2,1-2H3;1H/q+1;/p-1/b10-9+,12-11+;. The summed E-state index contributed by atoms with van der Waals surface area (Å²) in [6.07, 6.45) is 13.8. The van der Waals surface area contributed by atoms with Crippen LogP contribution in [0.15, 0.2) is 65.3 Å². The molecule has 0 radical (unpaired) electrons. The normalized spacial score (nSPS) is 11.3. The van der Waals surface area contributed by atoms with E-state index in [1.165, 1.54) is 0 Å². The molecule has 36 heavy (non-hydrogen) atoms. The molecular formula is C29H31BrN2O4. The molecule has 7 heteroatoms. The van der Waals surface area contributed by atoms with Gasteiger partial charge in [-0.3, -0.25) is 0 Å². The average molecular weight is 551 g/mol. The molecule has 0 aliphatic carbocycles. The Morgan fingerprint density at radius 2 is 1.69 bits per heavy atom. The zero-order valence-corrected chi connectivity index (χ0v) is 22.1. The Labute approximate surface area is 222 Å². The molecule has 6 nitrogen and oxygen atoms in total. The molecule has 0 aliphatic rings. The van der Waals surface area contributed by atoms with Gasteiger partial charge in [0.2, 0.25) is 5.89 Å². The highest BCUT2D eigenvalue weighted by Crippen LogP contribution is 2.32. The van der Waals surface area contributed by atoms with Gasteiger partial charge in [0.05, 0.1) is 13.7 Å². The maximum absolute atomic E-state index is 9.09. The second-order valence-corrected chi connectivity index (χ2v) is 8.11. The van der Waals surface area contributed by atoms with E-state index in [-0.39, 0.29) is 23.6 Å². The molecule has 0 fully saturated rings. The number of pyridine rings is 1. The molecule has 0 unspecified atom stereocenters. The van der Waals surface area contributed by atoms with Crippen molar-refractivity contribution >= 4 is 35.4 Å². The molecule has 188 valence electrons. The number of methoxy groups -OCH3 is 1. The lowest BCUT2D eigenvalue weighted by Crippen LogP contribution is -3.00. The zero-order chi connectivity index (χ0) is 24.5. The molecule has 0 saturated heterocycles. The quantitative estimate of drug-likeness (QED) is 0.230. The SMILES string of the molecule is CCCCOc1cc(/C=C/c2nc3ccccc3o2)c(OC)cc1/C=C/c1cc[n+](CCO)cc1.[Br-]. The van der Waals surface area contributed by atoms with Gasteiger partial charge >= 0.3 is 0 Å². The largest absolute Gasteiger partial charge is 1.00 e. The number of aromatic nitrogens is 2. The van der Waals surface area contributed by atoms with Crippen molar-refractivity contribution in [3.63, 3.8) is 0 Å². The Bertz CT molecular complexity index is 1280. The number of aliphatic hydroxyl groups is 1. The van der Waals surface area contributed by atoms with Gasteiger partial charge in [-0.2, -0.15) is 0 Å². The summed E-state index contributed by atoms with van der Waals surface area (Å²) >= 11 is 0. The molecule has 0 atom stereocenters. The van der Waals surface area contributed by atoms with Crippen LogP contribution >= 0.6 is 0 Å². The number of nitrogens with zero attached hydrogens (tertiary/aromatic N) is 2. The molecule has 0 aliphatic heterocycles. The van der Waals surface area contributed by atoms with Crippen LogP contribution in [-0.2, 0) is 6.54 Å². The predicted molar refractivity (Wildman–Crippen MR) is 139 cm³/mol. The van der Waals surface area contributed by atoms with Gasteiger partial charge in [-0.05, 0) is 42.3 Å². The molecular weight excluding hydrogens is 520 g/mol. The van der Waals surface area contributed by atoms with Crippen LogP contribution in [0, 0.1) is 0 Å². The number of para-hydroxylation sites is 2. The van der Waals surface area contributed by atoms with Crippen LogP contribution in [-0.4, -0.2) is 30.4 Å². The Morgan fingerprint density at radius 1 is 0.972 bits per heavy atom. The van der Waals surface area contributed by atoms with Crippen LogP contribution in [0.3, 0.4) is 0 Å². The summed E-state index contributed by atoms with van der Waals surface area (Å²) in [4.78, 5) is 4.51. The Kier molecular flexibility index (Phi) is 10.3. The number of halogens is 1. The third-order valence-electron chi connectivity index (χ3n) is 5.56. The first-order valence-corrected chi connectivity index (χ1v) is 11.9.